The second-order valence-corrected chi connectivity index (χ2v) is 6.05. The molecule has 20 heavy (non-hydrogen) atoms. The Balaban J connectivity index is 1.66. The van der Waals surface area contributed by atoms with Crippen molar-refractivity contribution in [2.24, 2.45) is 0 Å². The van der Waals surface area contributed by atoms with E-state index in [2.05, 4.69) is 20.2 Å². The van der Waals surface area contributed by atoms with Gasteiger partial charge in [0.25, 0.3) is 0 Å². The summed E-state index contributed by atoms with van der Waals surface area (Å²) in [5, 5.41) is 3.63. The van der Waals surface area contributed by atoms with Gasteiger partial charge in [0.15, 0.2) is 0 Å². The largest absolute Gasteiger partial charge is 0.475 e. The minimum Gasteiger partial charge on any atom is -0.475 e. The van der Waals surface area contributed by atoms with Crippen LogP contribution in [0.15, 0.2) is 12.4 Å². The summed E-state index contributed by atoms with van der Waals surface area (Å²) < 4.78 is 5.66. The third-order valence-electron chi connectivity index (χ3n) is 3.87. The van der Waals surface area contributed by atoms with Crippen LogP contribution in [-0.4, -0.2) is 41.2 Å². The smallest absolute Gasteiger partial charge is 0.218 e. The molecule has 0 amide bonds. The quantitative estimate of drug-likeness (QED) is 0.861. The molecule has 2 heterocycles. The molecule has 3 rings (SSSR count). The molecule has 0 radical (unpaired) electrons. The molecule has 1 aromatic heterocycles. The summed E-state index contributed by atoms with van der Waals surface area (Å²) in [6.07, 6.45) is 6.91. The third kappa shape index (κ3) is 3.39. The van der Waals surface area contributed by atoms with Crippen molar-refractivity contribution >= 4 is 5.82 Å². The van der Waals surface area contributed by atoms with Crippen LogP contribution < -0.4 is 15.0 Å². The van der Waals surface area contributed by atoms with Crippen molar-refractivity contribution in [2.45, 2.75) is 57.7 Å². The first-order chi connectivity index (χ1) is 9.72. The van der Waals surface area contributed by atoms with E-state index in [1.54, 1.807) is 6.33 Å². The summed E-state index contributed by atoms with van der Waals surface area (Å²) >= 11 is 0. The molecule has 5 heteroatoms. The summed E-state index contributed by atoms with van der Waals surface area (Å²) in [5.41, 5.74) is 0. The average molecular weight is 276 g/mol. The molecule has 1 saturated carbocycles. The summed E-state index contributed by atoms with van der Waals surface area (Å²) in [4.78, 5) is 11.0. The van der Waals surface area contributed by atoms with E-state index in [4.69, 9.17) is 4.74 Å². The summed E-state index contributed by atoms with van der Waals surface area (Å²) in [6, 6.07) is 3.29. The van der Waals surface area contributed by atoms with Crippen LogP contribution in [-0.2, 0) is 0 Å². The van der Waals surface area contributed by atoms with E-state index < -0.39 is 0 Å². The minimum absolute atomic E-state index is 0.142. The topological polar surface area (TPSA) is 50.3 Å². The van der Waals surface area contributed by atoms with E-state index in [9.17, 15) is 0 Å². The Bertz CT molecular complexity index is 447. The van der Waals surface area contributed by atoms with Crippen molar-refractivity contribution < 1.29 is 4.74 Å². The van der Waals surface area contributed by atoms with Gasteiger partial charge >= 0.3 is 0 Å². The first-order valence-electron chi connectivity index (χ1n) is 7.71. The number of hydrogen-bond donors (Lipinski definition) is 1. The van der Waals surface area contributed by atoms with Crippen LogP contribution in [0.5, 0.6) is 5.88 Å². The van der Waals surface area contributed by atoms with Gasteiger partial charge in [0.1, 0.15) is 12.1 Å². The lowest BCUT2D eigenvalue weighted by Crippen LogP contribution is -2.39. The zero-order valence-corrected chi connectivity index (χ0v) is 12.4. The zero-order chi connectivity index (χ0) is 13.9. The number of hydrogen-bond acceptors (Lipinski definition) is 5. The van der Waals surface area contributed by atoms with Crippen molar-refractivity contribution in [1.29, 1.82) is 0 Å². The number of rotatable bonds is 6. The Kier molecular flexibility index (Phi) is 4.05. The van der Waals surface area contributed by atoms with Crippen LogP contribution in [0.2, 0.25) is 0 Å². The Hall–Kier alpha value is -1.36. The van der Waals surface area contributed by atoms with Gasteiger partial charge in [0.2, 0.25) is 5.88 Å². The second kappa shape index (κ2) is 5.95. The number of nitrogens with zero attached hydrogens (tertiary/aromatic N) is 3. The number of anilines is 1. The Morgan fingerprint density at radius 2 is 2.20 bits per heavy atom. The SMILES string of the molecule is CC(C)Oc1cc(N2CCCC2CNC2CC2)ncn1. The molecule has 1 unspecified atom stereocenters. The molecule has 0 aromatic carbocycles. The molecule has 0 bridgehead atoms. The van der Waals surface area contributed by atoms with Gasteiger partial charge in [-0.05, 0) is 39.5 Å². The van der Waals surface area contributed by atoms with Crippen molar-refractivity contribution in [1.82, 2.24) is 15.3 Å². The first kappa shape index (κ1) is 13.6. The van der Waals surface area contributed by atoms with Crippen molar-refractivity contribution in [3.8, 4) is 5.88 Å². The monoisotopic (exact) mass is 276 g/mol. The molecule has 1 aliphatic heterocycles. The lowest BCUT2D eigenvalue weighted by molar-refractivity contribution is 0.232. The maximum atomic E-state index is 5.66. The van der Waals surface area contributed by atoms with Gasteiger partial charge in [-0.25, -0.2) is 9.97 Å². The van der Waals surface area contributed by atoms with E-state index in [-0.39, 0.29) is 6.10 Å². The van der Waals surface area contributed by atoms with Crippen molar-refractivity contribution in [3.63, 3.8) is 0 Å². The highest BCUT2D eigenvalue weighted by molar-refractivity contribution is 5.43. The Morgan fingerprint density at radius 1 is 1.35 bits per heavy atom. The summed E-state index contributed by atoms with van der Waals surface area (Å²) in [5.74, 6) is 1.67. The van der Waals surface area contributed by atoms with Crippen LogP contribution in [0.1, 0.15) is 39.5 Å². The fourth-order valence-corrected chi connectivity index (χ4v) is 2.73. The van der Waals surface area contributed by atoms with Gasteiger partial charge in [-0.1, -0.05) is 0 Å². The van der Waals surface area contributed by atoms with E-state index in [1.165, 1.54) is 25.7 Å². The van der Waals surface area contributed by atoms with Gasteiger partial charge in [-0.3, -0.25) is 0 Å². The number of ether oxygens (including phenoxy) is 1. The molecule has 2 fully saturated rings. The lowest BCUT2D eigenvalue weighted by Gasteiger charge is -2.26. The standard InChI is InChI=1S/C15H24N4O/c1-11(2)20-15-8-14(17-10-18-15)19-7-3-4-13(19)9-16-12-5-6-12/h8,10-13,16H,3-7,9H2,1-2H3. The van der Waals surface area contributed by atoms with Crippen LogP contribution in [0.25, 0.3) is 0 Å². The maximum absolute atomic E-state index is 5.66. The molecular formula is C15H24N4O. The number of aromatic nitrogens is 2. The molecule has 2 aliphatic rings. The van der Waals surface area contributed by atoms with Crippen molar-refractivity contribution in [2.75, 3.05) is 18.0 Å². The van der Waals surface area contributed by atoms with E-state index in [1.807, 2.05) is 19.9 Å². The predicted octanol–water partition coefficient (Wildman–Crippen LogP) is 1.98. The Morgan fingerprint density at radius 3 is 2.95 bits per heavy atom. The highest BCUT2D eigenvalue weighted by atomic mass is 16.5. The summed E-state index contributed by atoms with van der Waals surface area (Å²) in [7, 11) is 0. The highest BCUT2D eigenvalue weighted by Crippen LogP contribution is 2.26. The molecule has 1 aliphatic carbocycles. The Labute approximate surface area is 120 Å². The van der Waals surface area contributed by atoms with Gasteiger partial charge in [0, 0.05) is 31.2 Å². The molecular weight excluding hydrogens is 252 g/mol. The zero-order valence-electron chi connectivity index (χ0n) is 12.4. The van der Waals surface area contributed by atoms with Crippen molar-refractivity contribution in [3.05, 3.63) is 12.4 Å². The van der Waals surface area contributed by atoms with Crippen LogP contribution in [0, 0.1) is 0 Å². The van der Waals surface area contributed by atoms with Crippen LogP contribution in [0.4, 0.5) is 5.82 Å². The minimum atomic E-state index is 0.142. The number of nitrogens with one attached hydrogen (secondary N) is 1. The molecule has 1 N–H and O–H groups in total. The molecule has 5 nitrogen and oxygen atoms in total. The molecule has 1 aromatic rings. The normalized spacial score (nSPS) is 22.6. The summed E-state index contributed by atoms with van der Waals surface area (Å²) in [6.45, 7) is 6.17. The predicted molar refractivity (Wildman–Crippen MR) is 79.2 cm³/mol. The molecule has 1 atom stereocenters. The molecule has 1 saturated heterocycles. The van der Waals surface area contributed by atoms with E-state index in [0.29, 0.717) is 11.9 Å². The van der Waals surface area contributed by atoms with Gasteiger partial charge in [-0.15, -0.1) is 0 Å². The first-order valence-corrected chi connectivity index (χ1v) is 7.71. The van der Waals surface area contributed by atoms with Gasteiger partial charge in [-0.2, -0.15) is 0 Å². The lowest BCUT2D eigenvalue weighted by atomic mass is 10.2. The average Bonchev–Trinajstić information content (AvgIpc) is 3.13. The molecule has 0 spiro atoms. The maximum Gasteiger partial charge on any atom is 0.218 e. The van der Waals surface area contributed by atoms with Crippen LogP contribution >= 0.6 is 0 Å². The van der Waals surface area contributed by atoms with Gasteiger partial charge < -0.3 is 15.0 Å². The fraction of sp³-hybridized carbons (Fsp3) is 0.733. The second-order valence-electron chi connectivity index (χ2n) is 6.05. The van der Waals surface area contributed by atoms with E-state index >= 15 is 0 Å². The highest BCUT2D eigenvalue weighted by Gasteiger charge is 2.28. The van der Waals surface area contributed by atoms with Crippen LogP contribution in [0.3, 0.4) is 0 Å². The third-order valence-corrected chi connectivity index (χ3v) is 3.87. The molecule has 110 valence electrons. The van der Waals surface area contributed by atoms with E-state index in [0.717, 1.165) is 24.9 Å². The fourth-order valence-electron chi connectivity index (χ4n) is 2.73. The van der Waals surface area contributed by atoms with Gasteiger partial charge in [0.05, 0.1) is 6.10 Å².